The lowest BCUT2D eigenvalue weighted by molar-refractivity contribution is -0.915. The van der Waals surface area contributed by atoms with Crippen LogP contribution >= 0.6 is 0 Å². The first-order valence-corrected chi connectivity index (χ1v) is 10.9. The lowest BCUT2D eigenvalue weighted by Gasteiger charge is -2.35. The fraction of sp³-hybridized carbons (Fsp3) is 0.417. The van der Waals surface area contributed by atoms with Crippen molar-refractivity contribution in [1.82, 2.24) is 0 Å². The van der Waals surface area contributed by atoms with Crippen molar-refractivity contribution in [2.24, 2.45) is 0 Å². The second-order valence-corrected chi connectivity index (χ2v) is 8.00. The number of para-hydroxylation sites is 1. The molecule has 2 saturated heterocycles. The molecule has 0 unspecified atom stereocenters. The number of benzene rings is 2. The predicted molar refractivity (Wildman–Crippen MR) is 117 cm³/mol. The molecule has 0 radical (unpaired) electrons. The molecule has 0 saturated carbocycles. The van der Waals surface area contributed by atoms with Crippen LogP contribution in [0, 0.1) is 0 Å². The number of ether oxygens (including phenoxy) is 1. The Kier molecular flexibility index (Phi) is 6.33. The first-order valence-electron chi connectivity index (χ1n) is 10.9. The molecule has 2 heterocycles. The van der Waals surface area contributed by atoms with Gasteiger partial charge in [0.05, 0.1) is 44.9 Å². The quantitative estimate of drug-likeness (QED) is 0.562. The summed E-state index contributed by atoms with van der Waals surface area (Å²) in [7, 11) is 0. The van der Waals surface area contributed by atoms with Gasteiger partial charge < -0.3 is 14.5 Å². The van der Waals surface area contributed by atoms with Gasteiger partial charge in [-0.15, -0.1) is 0 Å². The van der Waals surface area contributed by atoms with Gasteiger partial charge in [0.25, 0.3) is 5.91 Å². The molecule has 1 N–H and O–H groups in total. The lowest BCUT2D eigenvalue weighted by atomic mass is 10.1. The van der Waals surface area contributed by atoms with Gasteiger partial charge in [-0.3, -0.25) is 9.59 Å². The summed E-state index contributed by atoms with van der Waals surface area (Å²) in [6.07, 6.45) is 2.37. The normalized spacial score (nSPS) is 20.1. The maximum Gasteiger partial charge on any atom is 0.292 e. The molecule has 0 aliphatic carbocycles. The van der Waals surface area contributed by atoms with Crippen LogP contribution in [-0.2, 0) is 9.59 Å². The number of carbonyl (C=O) groups is 2. The van der Waals surface area contributed by atoms with E-state index in [9.17, 15) is 9.59 Å². The van der Waals surface area contributed by atoms with Gasteiger partial charge in [-0.2, -0.15) is 0 Å². The highest BCUT2D eigenvalue weighted by Crippen LogP contribution is 2.25. The lowest BCUT2D eigenvalue weighted by Crippen LogP contribution is -3.19. The Balaban J connectivity index is 1.37. The van der Waals surface area contributed by atoms with Crippen LogP contribution in [0.5, 0.6) is 5.75 Å². The molecule has 6 nitrogen and oxygen atoms in total. The third kappa shape index (κ3) is 4.33. The Morgan fingerprint density at radius 2 is 1.67 bits per heavy atom. The highest BCUT2D eigenvalue weighted by molar-refractivity contribution is 6.21. The summed E-state index contributed by atoms with van der Waals surface area (Å²) in [5.41, 5.74) is 1.85. The van der Waals surface area contributed by atoms with E-state index < -0.39 is 0 Å². The van der Waals surface area contributed by atoms with Crippen molar-refractivity contribution < 1.29 is 19.2 Å². The number of hydrogen-bond acceptors (Lipinski definition) is 4. The van der Waals surface area contributed by atoms with E-state index >= 15 is 0 Å². The smallest absolute Gasteiger partial charge is 0.292 e. The molecule has 0 bridgehead atoms. The number of anilines is 2. The van der Waals surface area contributed by atoms with Gasteiger partial charge in [-0.1, -0.05) is 31.5 Å². The van der Waals surface area contributed by atoms with Crippen molar-refractivity contribution in [2.75, 3.05) is 42.6 Å². The van der Waals surface area contributed by atoms with Crippen LogP contribution < -0.4 is 19.4 Å². The van der Waals surface area contributed by atoms with E-state index in [0.717, 1.165) is 44.8 Å². The summed E-state index contributed by atoms with van der Waals surface area (Å²) in [5, 5.41) is 0. The fourth-order valence-electron chi connectivity index (χ4n) is 4.29. The first-order chi connectivity index (χ1) is 14.7. The SMILES string of the molecule is CCCCOc1ccc(N2C(=O)C[C@@H]([NH+]3CCN(c4ccccc4)CC3)C2=O)cc1. The third-order valence-corrected chi connectivity index (χ3v) is 6.03. The Bertz CT molecular complexity index is 861. The maximum atomic E-state index is 13.1. The van der Waals surface area contributed by atoms with Crippen LogP contribution in [0.2, 0.25) is 0 Å². The molecule has 158 valence electrons. The summed E-state index contributed by atoms with van der Waals surface area (Å²) in [6.45, 7) is 6.30. The van der Waals surface area contributed by atoms with Crippen LogP contribution in [0.25, 0.3) is 0 Å². The molecule has 2 amide bonds. The molecular formula is C24H30N3O3+. The Hall–Kier alpha value is -2.86. The Morgan fingerprint density at radius 3 is 2.33 bits per heavy atom. The van der Waals surface area contributed by atoms with Crippen molar-refractivity contribution in [1.29, 1.82) is 0 Å². The molecule has 4 rings (SSSR count). The average molecular weight is 409 g/mol. The zero-order chi connectivity index (χ0) is 20.9. The third-order valence-electron chi connectivity index (χ3n) is 6.03. The molecule has 30 heavy (non-hydrogen) atoms. The number of nitrogens with one attached hydrogen (secondary N) is 1. The fourth-order valence-corrected chi connectivity index (χ4v) is 4.29. The first kappa shape index (κ1) is 20.4. The van der Waals surface area contributed by atoms with Gasteiger partial charge in [0, 0.05) is 5.69 Å². The zero-order valence-corrected chi connectivity index (χ0v) is 17.5. The van der Waals surface area contributed by atoms with Gasteiger partial charge >= 0.3 is 0 Å². The minimum atomic E-state index is -0.282. The summed E-state index contributed by atoms with van der Waals surface area (Å²) >= 11 is 0. The van der Waals surface area contributed by atoms with E-state index in [1.165, 1.54) is 15.5 Å². The molecule has 0 spiro atoms. The van der Waals surface area contributed by atoms with Crippen LogP contribution in [0.4, 0.5) is 11.4 Å². The molecule has 2 aromatic rings. The Morgan fingerprint density at radius 1 is 0.967 bits per heavy atom. The monoisotopic (exact) mass is 408 g/mol. The predicted octanol–water partition coefficient (Wildman–Crippen LogP) is 1.90. The highest BCUT2D eigenvalue weighted by atomic mass is 16.5. The standard InChI is InChI=1S/C24H29N3O3/c1-2-3-17-30-21-11-9-20(10-12-21)27-23(28)18-22(24(27)29)26-15-13-25(14-16-26)19-7-5-4-6-8-19/h4-12,22H,2-3,13-18H2,1H3/p+1/t22-/m1/s1. The van der Waals surface area contributed by atoms with Gasteiger partial charge in [0.15, 0.2) is 6.04 Å². The Labute approximate surface area is 178 Å². The molecule has 0 aromatic heterocycles. The number of piperazine rings is 1. The van der Waals surface area contributed by atoms with E-state index in [-0.39, 0.29) is 24.3 Å². The van der Waals surface area contributed by atoms with E-state index in [1.54, 1.807) is 0 Å². The van der Waals surface area contributed by atoms with Crippen LogP contribution in [0.1, 0.15) is 26.2 Å². The number of imide groups is 1. The van der Waals surface area contributed by atoms with E-state index in [1.807, 2.05) is 42.5 Å². The van der Waals surface area contributed by atoms with E-state index in [4.69, 9.17) is 4.74 Å². The maximum absolute atomic E-state index is 13.1. The van der Waals surface area contributed by atoms with Crippen molar-refractivity contribution in [3.63, 3.8) is 0 Å². The van der Waals surface area contributed by atoms with Crippen LogP contribution in [0.15, 0.2) is 54.6 Å². The van der Waals surface area contributed by atoms with Crippen molar-refractivity contribution >= 4 is 23.2 Å². The van der Waals surface area contributed by atoms with Gasteiger partial charge in [-0.05, 0) is 42.8 Å². The minimum Gasteiger partial charge on any atom is -0.494 e. The average Bonchev–Trinajstić information content (AvgIpc) is 3.09. The number of rotatable bonds is 7. The van der Waals surface area contributed by atoms with Crippen molar-refractivity contribution in [3.05, 3.63) is 54.6 Å². The molecule has 1 atom stereocenters. The summed E-state index contributed by atoms with van der Waals surface area (Å²) in [5.74, 6) is 0.580. The van der Waals surface area contributed by atoms with Gasteiger partial charge in [0.1, 0.15) is 5.75 Å². The summed E-state index contributed by atoms with van der Waals surface area (Å²) < 4.78 is 5.68. The van der Waals surface area contributed by atoms with Crippen LogP contribution in [-0.4, -0.2) is 50.6 Å². The van der Waals surface area contributed by atoms with Crippen molar-refractivity contribution in [2.45, 2.75) is 32.2 Å². The molecule has 2 aromatic carbocycles. The summed E-state index contributed by atoms with van der Waals surface area (Å²) in [6, 6.07) is 17.4. The van der Waals surface area contributed by atoms with Gasteiger partial charge in [0.2, 0.25) is 5.91 Å². The number of amides is 2. The number of quaternary nitrogens is 1. The number of carbonyl (C=O) groups excluding carboxylic acids is 2. The minimum absolute atomic E-state index is 0.0807. The summed E-state index contributed by atoms with van der Waals surface area (Å²) in [4.78, 5) is 30.7. The molecule has 2 aliphatic rings. The topological polar surface area (TPSA) is 54.3 Å². The van der Waals surface area contributed by atoms with E-state index in [2.05, 4.69) is 24.0 Å². The molecule has 6 heteroatoms. The molecular weight excluding hydrogens is 378 g/mol. The van der Waals surface area contributed by atoms with Crippen LogP contribution in [0.3, 0.4) is 0 Å². The number of nitrogens with zero attached hydrogens (tertiary/aromatic N) is 2. The second kappa shape index (κ2) is 9.30. The molecule has 2 fully saturated rings. The van der Waals surface area contributed by atoms with E-state index in [0.29, 0.717) is 12.3 Å². The highest BCUT2D eigenvalue weighted by Gasteiger charge is 2.46. The largest absolute Gasteiger partial charge is 0.494 e. The molecule has 2 aliphatic heterocycles. The van der Waals surface area contributed by atoms with Gasteiger partial charge in [-0.25, -0.2) is 4.90 Å². The second-order valence-electron chi connectivity index (χ2n) is 8.00. The van der Waals surface area contributed by atoms with Crippen molar-refractivity contribution in [3.8, 4) is 5.75 Å². The number of unbranched alkanes of at least 4 members (excludes halogenated alkanes) is 1. The zero-order valence-electron chi connectivity index (χ0n) is 17.5. The number of hydrogen-bond donors (Lipinski definition) is 1.